The first-order chi connectivity index (χ1) is 13.6. The first kappa shape index (κ1) is 19.4. The number of aromatic nitrogens is 3. The lowest BCUT2D eigenvalue weighted by molar-refractivity contribution is 0.0496. The number of nitrogens with one attached hydrogen (secondary N) is 1. The number of benzene rings is 1. The van der Waals surface area contributed by atoms with Crippen LogP contribution in [0.3, 0.4) is 0 Å². The van der Waals surface area contributed by atoms with Crippen molar-refractivity contribution in [2.45, 2.75) is 25.8 Å². The predicted octanol–water partition coefficient (Wildman–Crippen LogP) is 4.45. The lowest BCUT2D eigenvalue weighted by Gasteiger charge is -2.24. The van der Waals surface area contributed by atoms with Crippen LogP contribution in [-0.2, 0) is 4.74 Å². The highest BCUT2D eigenvalue weighted by Crippen LogP contribution is 2.30. The number of nitrogens with zero attached hydrogens (tertiary/aromatic N) is 3. The van der Waals surface area contributed by atoms with E-state index in [0.29, 0.717) is 24.1 Å². The van der Waals surface area contributed by atoms with Crippen LogP contribution >= 0.6 is 22.6 Å². The minimum absolute atomic E-state index is 0.170. The van der Waals surface area contributed by atoms with Gasteiger partial charge in [0.05, 0.1) is 22.4 Å². The molecule has 6 nitrogen and oxygen atoms in total. The molecule has 0 spiro atoms. The fourth-order valence-corrected chi connectivity index (χ4v) is 3.82. The first-order valence-electron chi connectivity index (χ1n) is 9.36. The predicted molar refractivity (Wildman–Crippen MR) is 113 cm³/mol. The monoisotopic (exact) mass is 496 g/mol. The molecule has 1 N–H and O–H groups in total. The van der Waals surface area contributed by atoms with Crippen molar-refractivity contribution in [3.63, 3.8) is 0 Å². The van der Waals surface area contributed by atoms with E-state index in [1.807, 2.05) is 19.2 Å². The number of halogens is 2. The molecular weight excluding hydrogens is 474 g/mol. The van der Waals surface area contributed by atoms with Gasteiger partial charge in [-0.1, -0.05) is 0 Å². The maximum atomic E-state index is 13.9. The highest BCUT2D eigenvalue weighted by Gasteiger charge is 2.18. The number of hydrogen-bond acceptors (Lipinski definition) is 5. The zero-order valence-corrected chi connectivity index (χ0v) is 17.7. The van der Waals surface area contributed by atoms with Gasteiger partial charge in [-0.2, -0.15) is 5.10 Å². The summed E-state index contributed by atoms with van der Waals surface area (Å²) in [6.07, 6.45) is 5.62. The highest BCUT2D eigenvalue weighted by atomic mass is 127. The highest BCUT2D eigenvalue weighted by molar-refractivity contribution is 14.1. The number of hydrogen-bond donors (Lipinski definition) is 1. The Morgan fingerprint density at radius 3 is 3.00 bits per heavy atom. The SMILES string of the molecule is CC(Nc1ccn2ncc(I)c2n1)c1cc(F)ccc1OCC1CCOCC1. The Morgan fingerprint density at radius 1 is 1.36 bits per heavy atom. The van der Waals surface area contributed by atoms with Crippen molar-refractivity contribution in [2.24, 2.45) is 5.92 Å². The van der Waals surface area contributed by atoms with Crippen molar-refractivity contribution in [1.82, 2.24) is 14.6 Å². The summed E-state index contributed by atoms with van der Waals surface area (Å²) in [4.78, 5) is 4.61. The van der Waals surface area contributed by atoms with Crippen molar-refractivity contribution in [2.75, 3.05) is 25.1 Å². The maximum Gasteiger partial charge on any atom is 0.170 e. The van der Waals surface area contributed by atoms with Gasteiger partial charge in [0, 0.05) is 25.0 Å². The van der Waals surface area contributed by atoms with Crippen LogP contribution in [0.15, 0.2) is 36.7 Å². The van der Waals surface area contributed by atoms with Crippen molar-refractivity contribution in [3.05, 3.63) is 51.6 Å². The molecule has 28 heavy (non-hydrogen) atoms. The lowest BCUT2D eigenvalue weighted by atomic mass is 10.0. The molecule has 8 heteroatoms. The summed E-state index contributed by atoms with van der Waals surface area (Å²) in [5, 5.41) is 7.58. The third-order valence-corrected chi connectivity index (χ3v) is 5.71. The minimum Gasteiger partial charge on any atom is -0.493 e. The number of anilines is 1. The molecule has 0 bridgehead atoms. The quantitative estimate of drug-likeness (QED) is 0.512. The molecule has 148 valence electrons. The summed E-state index contributed by atoms with van der Waals surface area (Å²) in [6, 6.07) is 6.36. The van der Waals surface area contributed by atoms with Crippen LogP contribution < -0.4 is 10.1 Å². The molecule has 1 atom stereocenters. The fraction of sp³-hybridized carbons (Fsp3) is 0.400. The second kappa shape index (κ2) is 8.60. The zero-order chi connectivity index (χ0) is 19.5. The van der Waals surface area contributed by atoms with E-state index in [4.69, 9.17) is 9.47 Å². The molecule has 1 aliphatic heterocycles. The Hall–Kier alpha value is -1.94. The van der Waals surface area contributed by atoms with E-state index in [-0.39, 0.29) is 11.9 Å². The van der Waals surface area contributed by atoms with Gasteiger partial charge in [-0.25, -0.2) is 13.9 Å². The molecule has 1 fully saturated rings. The van der Waals surface area contributed by atoms with E-state index in [9.17, 15) is 4.39 Å². The largest absolute Gasteiger partial charge is 0.493 e. The van der Waals surface area contributed by atoms with E-state index in [1.54, 1.807) is 16.8 Å². The third kappa shape index (κ3) is 4.38. The Labute approximate surface area is 176 Å². The lowest BCUT2D eigenvalue weighted by Crippen LogP contribution is -2.22. The van der Waals surface area contributed by atoms with E-state index < -0.39 is 0 Å². The summed E-state index contributed by atoms with van der Waals surface area (Å²) in [7, 11) is 0. The minimum atomic E-state index is -0.282. The third-order valence-electron chi connectivity index (χ3n) is 4.94. The number of rotatable bonds is 6. The number of ether oxygens (including phenoxy) is 2. The van der Waals surface area contributed by atoms with E-state index in [2.05, 4.69) is 38.0 Å². The smallest absolute Gasteiger partial charge is 0.170 e. The average molecular weight is 496 g/mol. The average Bonchev–Trinajstić information content (AvgIpc) is 3.08. The topological polar surface area (TPSA) is 60.7 Å². The molecule has 0 amide bonds. The van der Waals surface area contributed by atoms with Crippen LogP contribution in [-0.4, -0.2) is 34.4 Å². The Morgan fingerprint density at radius 2 is 2.18 bits per heavy atom. The van der Waals surface area contributed by atoms with Crippen LogP contribution in [0.5, 0.6) is 5.75 Å². The van der Waals surface area contributed by atoms with Crippen LogP contribution in [0, 0.1) is 15.3 Å². The second-order valence-electron chi connectivity index (χ2n) is 6.99. The van der Waals surface area contributed by atoms with E-state index in [0.717, 1.165) is 40.8 Å². The van der Waals surface area contributed by atoms with Gasteiger partial charge in [-0.3, -0.25) is 0 Å². The van der Waals surface area contributed by atoms with Gasteiger partial charge >= 0.3 is 0 Å². The summed E-state index contributed by atoms with van der Waals surface area (Å²) >= 11 is 2.20. The van der Waals surface area contributed by atoms with Crippen LogP contribution in [0.2, 0.25) is 0 Å². The standard InChI is InChI=1S/C20H22FIN4O2/c1-13(24-19-4-7-26-20(25-19)17(22)11-23-26)16-10-15(21)2-3-18(16)28-12-14-5-8-27-9-6-14/h2-4,7,10-11,13-14H,5-6,8-9,12H2,1H3,(H,24,25). The molecule has 4 rings (SSSR count). The van der Waals surface area contributed by atoms with Gasteiger partial charge in [0.15, 0.2) is 5.65 Å². The molecule has 2 aromatic heterocycles. The molecule has 1 aliphatic rings. The van der Waals surface area contributed by atoms with Crippen LogP contribution in [0.25, 0.3) is 5.65 Å². The fourth-order valence-electron chi connectivity index (χ4n) is 3.33. The van der Waals surface area contributed by atoms with Crippen molar-refractivity contribution >= 4 is 34.1 Å². The van der Waals surface area contributed by atoms with Gasteiger partial charge in [0.25, 0.3) is 0 Å². The van der Waals surface area contributed by atoms with Gasteiger partial charge in [-0.15, -0.1) is 0 Å². The van der Waals surface area contributed by atoms with E-state index in [1.165, 1.54) is 12.1 Å². The Bertz CT molecular complexity index is 959. The molecule has 3 heterocycles. The molecule has 1 unspecified atom stereocenters. The van der Waals surface area contributed by atoms with Gasteiger partial charge in [0.2, 0.25) is 0 Å². The molecule has 3 aromatic rings. The number of fused-ring (bicyclic) bond motifs is 1. The molecule has 0 saturated carbocycles. The first-order valence-corrected chi connectivity index (χ1v) is 10.4. The molecule has 0 radical (unpaired) electrons. The van der Waals surface area contributed by atoms with Gasteiger partial charge in [-0.05, 0) is 72.5 Å². The maximum absolute atomic E-state index is 13.9. The van der Waals surface area contributed by atoms with Gasteiger partial charge in [0.1, 0.15) is 17.4 Å². The normalized spacial score (nSPS) is 16.2. The molecular formula is C20H22FIN4O2. The second-order valence-corrected chi connectivity index (χ2v) is 8.15. The summed E-state index contributed by atoms with van der Waals surface area (Å²) in [6.45, 7) is 4.16. The summed E-state index contributed by atoms with van der Waals surface area (Å²) in [5.41, 5.74) is 1.56. The summed E-state index contributed by atoms with van der Waals surface area (Å²) in [5.74, 6) is 1.60. The summed E-state index contributed by atoms with van der Waals surface area (Å²) < 4.78 is 28.1. The Kier molecular flexibility index (Phi) is 5.96. The van der Waals surface area contributed by atoms with Crippen molar-refractivity contribution < 1.29 is 13.9 Å². The van der Waals surface area contributed by atoms with Crippen LogP contribution in [0.4, 0.5) is 10.2 Å². The van der Waals surface area contributed by atoms with Crippen molar-refractivity contribution in [1.29, 1.82) is 0 Å². The zero-order valence-electron chi connectivity index (χ0n) is 15.6. The van der Waals surface area contributed by atoms with Crippen molar-refractivity contribution in [3.8, 4) is 5.75 Å². The van der Waals surface area contributed by atoms with E-state index >= 15 is 0 Å². The molecule has 1 saturated heterocycles. The molecule has 0 aliphatic carbocycles. The molecule has 1 aromatic carbocycles. The Balaban J connectivity index is 1.51. The van der Waals surface area contributed by atoms with Gasteiger partial charge < -0.3 is 14.8 Å². The van der Waals surface area contributed by atoms with Crippen LogP contribution in [0.1, 0.15) is 31.4 Å².